The van der Waals surface area contributed by atoms with Gasteiger partial charge in [-0.05, 0) is 52.4 Å². The molecule has 0 aliphatic heterocycles. The van der Waals surface area contributed by atoms with Crippen LogP contribution in [0.25, 0.3) is 6.08 Å². The zero-order valence-corrected chi connectivity index (χ0v) is 11.4. The molecule has 0 aliphatic carbocycles. The Hall–Kier alpha value is -1.28. The normalized spacial score (nSPS) is 13.9. The molecule has 0 saturated carbocycles. The Balaban J connectivity index is 2.85. The van der Waals surface area contributed by atoms with Crippen LogP contribution in [-0.2, 0) is 0 Å². The summed E-state index contributed by atoms with van der Waals surface area (Å²) in [5.74, 6) is 0.929. The molecule has 0 heterocycles. The lowest BCUT2D eigenvalue weighted by Gasteiger charge is -2.12. The molecule has 17 heavy (non-hydrogen) atoms. The van der Waals surface area contributed by atoms with Crippen LogP contribution >= 0.6 is 0 Å². The van der Waals surface area contributed by atoms with Crippen LogP contribution in [0.5, 0.6) is 5.75 Å². The summed E-state index contributed by atoms with van der Waals surface area (Å²) in [7, 11) is 1.97. The van der Waals surface area contributed by atoms with Crippen molar-refractivity contribution in [3.8, 4) is 5.75 Å². The van der Waals surface area contributed by atoms with Crippen LogP contribution in [0.2, 0.25) is 0 Å². The first-order chi connectivity index (χ1) is 8.02. The molecule has 0 aromatic heterocycles. The van der Waals surface area contributed by atoms with E-state index in [-0.39, 0.29) is 6.10 Å². The Bertz CT molecular complexity index is 382. The van der Waals surface area contributed by atoms with Crippen LogP contribution in [0, 0.1) is 0 Å². The average Bonchev–Trinajstić information content (AvgIpc) is 2.27. The van der Waals surface area contributed by atoms with E-state index in [1.807, 2.05) is 33.0 Å². The highest BCUT2D eigenvalue weighted by atomic mass is 16.5. The fraction of sp³-hybridized carbons (Fsp3) is 0.467. The van der Waals surface area contributed by atoms with Gasteiger partial charge in [-0.3, -0.25) is 0 Å². The number of hydrogen-bond donors (Lipinski definition) is 1. The highest BCUT2D eigenvalue weighted by molar-refractivity contribution is 5.55. The van der Waals surface area contributed by atoms with Crippen LogP contribution in [0.1, 0.15) is 33.3 Å². The molecular weight excluding hydrogens is 210 g/mol. The van der Waals surface area contributed by atoms with Gasteiger partial charge in [0, 0.05) is 6.04 Å². The molecule has 94 valence electrons. The van der Waals surface area contributed by atoms with Crippen molar-refractivity contribution in [2.24, 2.45) is 0 Å². The van der Waals surface area contributed by atoms with Crippen molar-refractivity contribution >= 4 is 6.08 Å². The van der Waals surface area contributed by atoms with E-state index in [1.165, 1.54) is 11.1 Å². The fourth-order valence-corrected chi connectivity index (χ4v) is 1.57. The minimum atomic E-state index is 0.214. The van der Waals surface area contributed by atoms with Crippen molar-refractivity contribution < 1.29 is 4.74 Å². The molecule has 0 saturated heterocycles. The van der Waals surface area contributed by atoms with Gasteiger partial charge in [0.15, 0.2) is 0 Å². The maximum Gasteiger partial charge on any atom is 0.120 e. The van der Waals surface area contributed by atoms with Gasteiger partial charge in [0.2, 0.25) is 0 Å². The van der Waals surface area contributed by atoms with Crippen molar-refractivity contribution in [2.45, 2.75) is 39.8 Å². The molecule has 2 nitrogen and oxygen atoms in total. The molecule has 0 amide bonds. The van der Waals surface area contributed by atoms with Crippen molar-refractivity contribution in [1.29, 1.82) is 0 Å². The highest BCUT2D eigenvalue weighted by Gasteiger charge is 2.02. The maximum absolute atomic E-state index is 5.68. The zero-order chi connectivity index (χ0) is 12.8. The molecular formula is C15H23NO. The summed E-state index contributed by atoms with van der Waals surface area (Å²) in [5.41, 5.74) is 2.50. The SMILES string of the molecule is CNC(C)/C(C)=C/c1cccc(OC(C)C)c1. The maximum atomic E-state index is 5.68. The monoisotopic (exact) mass is 233 g/mol. The quantitative estimate of drug-likeness (QED) is 0.840. The molecule has 1 aromatic rings. The van der Waals surface area contributed by atoms with E-state index in [0.717, 1.165) is 5.75 Å². The Labute approximate surface area is 105 Å². The number of hydrogen-bond acceptors (Lipinski definition) is 2. The van der Waals surface area contributed by atoms with Crippen LogP contribution in [-0.4, -0.2) is 19.2 Å². The fourth-order valence-electron chi connectivity index (χ4n) is 1.57. The van der Waals surface area contributed by atoms with E-state index in [9.17, 15) is 0 Å². The Kier molecular flexibility index (Phi) is 5.23. The zero-order valence-electron chi connectivity index (χ0n) is 11.4. The van der Waals surface area contributed by atoms with E-state index in [1.54, 1.807) is 0 Å². The molecule has 1 N–H and O–H groups in total. The summed E-state index contributed by atoms with van der Waals surface area (Å²) in [6.45, 7) is 8.37. The predicted molar refractivity (Wildman–Crippen MR) is 74.4 cm³/mol. The third kappa shape index (κ3) is 4.61. The van der Waals surface area contributed by atoms with Gasteiger partial charge in [0.05, 0.1) is 6.10 Å². The van der Waals surface area contributed by atoms with Crippen LogP contribution in [0.15, 0.2) is 29.8 Å². The summed E-state index contributed by atoms with van der Waals surface area (Å²) in [4.78, 5) is 0. The van der Waals surface area contributed by atoms with Crippen molar-refractivity contribution in [3.05, 3.63) is 35.4 Å². The van der Waals surface area contributed by atoms with E-state index in [0.29, 0.717) is 6.04 Å². The lowest BCUT2D eigenvalue weighted by Crippen LogP contribution is -2.21. The van der Waals surface area contributed by atoms with E-state index in [4.69, 9.17) is 4.74 Å². The predicted octanol–water partition coefficient (Wildman–Crippen LogP) is 3.49. The molecule has 1 rings (SSSR count). The summed E-state index contributed by atoms with van der Waals surface area (Å²) >= 11 is 0. The first kappa shape index (κ1) is 13.8. The largest absolute Gasteiger partial charge is 0.491 e. The molecule has 1 atom stereocenters. The van der Waals surface area contributed by atoms with Crippen LogP contribution in [0.3, 0.4) is 0 Å². The minimum absolute atomic E-state index is 0.214. The second-order valence-electron chi connectivity index (χ2n) is 4.64. The Morgan fingerprint density at radius 3 is 2.59 bits per heavy atom. The summed E-state index contributed by atoms with van der Waals surface area (Å²) in [6, 6.07) is 8.59. The smallest absolute Gasteiger partial charge is 0.120 e. The molecule has 0 fully saturated rings. The molecule has 1 unspecified atom stereocenters. The molecule has 2 heteroatoms. The van der Waals surface area contributed by atoms with E-state index >= 15 is 0 Å². The van der Waals surface area contributed by atoms with Crippen LogP contribution in [0.4, 0.5) is 0 Å². The number of rotatable bonds is 5. The van der Waals surface area contributed by atoms with Gasteiger partial charge in [-0.2, -0.15) is 0 Å². The first-order valence-corrected chi connectivity index (χ1v) is 6.15. The average molecular weight is 233 g/mol. The molecule has 0 spiro atoms. The molecule has 1 aromatic carbocycles. The second-order valence-corrected chi connectivity index (χ2v) is 4.64. The van der Waals surface area contributed by atoms with Gasteiger partial charge in [-0.1, -0.05) is 23.8 Å². The molecule has 0 radical (unpaired) electrons. The number of nitrogens with one attached hydrogen (secondary N) is 1. The first-order valence-electron chi connectivity index (χ1n) is 6.15. The van der Waals surface area contributed by atoms with E-state index < -0.39 is 0 Å². The van der Waals surface area contributed by atoms with E-state index in [2.05, 4.69) is 37.4 Å². The molecule has 0 aliphatic rings. The number of ether oxygens (including phenoxy) is 1. The van der Waals surface area contributed by atoms with Crippen molar-refractivity contribution in [3.63, 3.8) is 0 Å². The number of benzene rings is 1. The Morgan fingerprint density at radius 1 is 1.29 bits per heavy atom. The van der Waals surface area contributed by atoms with Gasteiger partial charge < -0.3 is 10.1 Å². The lowest BCUT2D eigenvalue weighted by molar-refractivity contribution is 0.242. The summed E-state index contributed by atoms with van der Waals surface area (Å²) in [5, 5.41) is 3.23. The third-order valence-corrected chi connectivity index (χ3v) is 2.74. The van der Waals surface area contributed by atoms with Gasteiger partial charge in [-0.15, -0.1) is 0 Å². The standard InChI is InChI=1S/C15H23NO/c1-11(2)17-15-8-6-7-14(10-15)9-12(3)13(4)16-5/h6-11,13,16H,1-5H3/b12-9+. The highest BCUT2D eigenvalue weighted by Crippen LogP contribution is 2.17. The minimum Gasteiger partial charge on any atom is -0.491 e. The summed E-state index contributed by atoms with van der Waals surface area (Å²) < 4.78 is 5.68. The van der Waals surface area contributed by atoms with Gasteiger partial charge in [0.1, 0.15) is 5.75 Å². The topological polar surface area (TPSA) is 21.3 Å². The van der Waals surface area contributed by atoms with Gasteiger partial charge in [-0.25, -0.2) is 0 Å². The molecule has 0 bridgehead atoms. The number of likely N-dealkylation sites (N-methyl/N-ethyl adjacent to an activating group) is 1. The Morgan fingerprint density at radius 2 is 2.00 bits per heavy atom. The van der Waals surface area contributed by atoms with Crippen molar-refractivity contribution in [2.75, 3.05) is 7.05 Å². The van der Waals surface area contributed by atoms with Gasteiger partial charge in [0.25, 0.3) is 0 Å². The van der Waals surface area contributed by atoms with Gasteiger partial charge >= 0.3 is 0 Å². The lowest BCUT2D eigenvalue weighted by atomic mass is 10.1. The summed E-state index contributed by atoms with van der Waals surface area (Å²) in [6.07, 6.45) is 2.40. The van der Waals surface area contributed by atoms with Crippen molar-refractivity contribution in [1.82, 2.24) is 5.32 Å². The third-order valence-electron chi connectivity index (χ3n) is 2.74. The second kappa shape index (κ2) is 6.45. The van der Waals surface area contributed by atoms with Crippen LogP contribution < -0.4 is 10.1 Å².